The summed E-state index contributed by atoms with van der Waals surface area (Å²) in [5, 5.41) is 12.8. The third-order valence-corrected chi connectivity index (χ3v) is 6.18. The number of fused-ring (bicyclic) bond motifs is 1. The summed E-state index contributed by atoms with van der Waals surface area (Å²) in [5.74, 6) is -0.809. The van der Waals surface area contributed by atoms with Gasteiger partial charge in [0.15, 0.2) is 0 Å². The molecular weight excluding hydrogens is 454 g/mol. The van der Waals surface area contributed by atoms with E-state index in [0.717, 1.165) is 6.29 Å². The molecule has 0 saturated carbocycles. The molecule has 2 N–H and O–H groups in total. The van der Waals surface area contributed by atoms with Crippen LogP contribution in [0.25, 0.3) is 0 Å². The molecule has 190 valence electrons. The largest absolute Gasteiger partial charge is 0.493 e. The zero-order valence-corrected chi connectivity index (χ0v) is 20.6. The van der Waals surface area contributed by atoms with E-state index in [1.807, 2.05) is 6.92 Å². The number of aliphatic imine (C=N–C) groups is 1. The van der Waals surface area contributed by atoms with E-state index in [9.17, 15) is 24.3 Å². The molecule has 2 atom stereocenters. The number of aldehydes is 1. The van der Waals surface area contributed by atoms with E-state index in [2.05, 4.69) is 10.3 Å². The minimum absolute atomic E-state index is 0.0574. The Morgan fingerprint density at radius 1 is 1.37 bits per heavy atom. The maximum absolute atomic E-state index is 13.6. The number of carbonyl (C=O) groups is 4. The summed E-state index contributed by atoms with van der Waals surface area (Å²) in [7, 11) is 0. The normalized spacial score (nSPS) is 23.2. The summed E-state index contributed by atoms with van der Waals surface area (Å²) in [4.78, 5) is 54.3. The summed E-state index contributed by atoms with van der Waals surface area (Å²) in [6.45, 7) is 7.41. The number of nitrogens with one attached hydrogen (secondary N) is 1. The van der Waals surface area contributed by atoms with Crippen molar-refractivity contribution < 1.29 is 33.8 Å². The van der Waals surface area contributed by atoms with Crippen molar-refractivity contribution in [3.05, 3.63) is 29.3 Å². The first-order chi connectivity index (χ1) is 16.5. The van der Waals surface area contributed by atoms with E-state index >= 15 is 0 Å². The number of ether oxygens (including phenoxy) is 2. The summed E-state index contributed by atoms with van der Waals surface area (Å²) >= 11 is 0. The average molecular weight is 488 g/mol. The molecule has 1 fully saturated rings. The van der Waals surface area contributed by atoms with Crippen LogP contribution in [0, 0.1) is 0 Å². The molecule has 35 heavy (non-hydrogen) atoms. The lowest BCUT2D eigenvalue weighted by molar-refractivity contribution is -0.133. The number of carbonyl (C=O) groups excluding carboxylic acids is 3. The quantitative estimate of drug-likeness (QED) is 0.438. The van der Waals surface area contributed by atoms with Gasteiger partial charge in [-0.15, -0.1) is 4.99 Å². The van der Waals surface area contributed by atoms with Crippen LogP contribution in [0.1, 0.15) is 88.2 Å². The maximum atomic E-state index is 13.6. The van der Waals surface area contributed by atoms with Crippen molar-refractivity contribution in [1.82, 2.24) is 10.2 Å². The van der Waals surface area contributed by atoms with Crippen LogP contribution in [0.2, 0.25) is 0 Å². The van der Waals surface area contributed by atoms with Gasteiger partial charge in [-0.05, 0) is 58.2 Å². The third kappa shape index (κ3) is 6.17. The number of carboxylic acids is 1. The SMILES string of the molecule is CCC1(CCCC=O)CC(=O)N(C2CCOc3ccc(C(=O)O)cc32)/C(=N/C(=O)OC(C)(C)C)N1. The zero-order valence-electron chi connectivity index (χ0n) is 20.6. The molecule has 10 nitrogen and oxygen atoms in total. The van der Waals surface area contributed by atoms with Crippen molar-refractivity contribution in [2.75, 3.05) is 6.61 Å². The van der Waals surface area contributed by atoms with Gasteiger partial charge in [-0.3, -0.25) is 9.69 Å². The molecule has 1 aromatic rings. The van der Waals surface area contributed by atoms with E-state index in [1.54, 1.807) is 26.8 Å². The fourth-order valence-electron chi connectivity index (χ4n) is 4.45. The van der Waals surface area contributed by atoms with Gasteiger partial charge in [0.2, 0.25) is 11.9 Å². The van der Waals surface area contributed by atoms with Crippen LogP contribution in [0.5, 0.6) is 5.75 Å². The Morgan fingerprint density at radius 2 is 2.11 bits per heavy atom. The number of unbranched alkanes of at least 4 members (excludes halogenated alkanes) is 1. The highest BCUT2D eigenvalue weighted by Crippen LogP contribution is 2.40. The average Bonchev–Trinajstić information content (AvgIpc) is 2.77. The Kier molecular flexibility index (Phi) is 7.82. The predicted octanol–water partition coefficient (Wildman–Crippen LogP) is 3.84. The summed E-state index contributed by atoms with van der Waals surface area (Å²) in [6.07, 6.45) is 2.60. The van der Waals surface area contributed by atoms with Crippen LogP contribution in [-0.2, 0) is 14.3 Å². The van der Waals surface area contributed by atoms with E-state index in [4.69, 9.17) is 9.47 Å². The van der Waals surface area contributed by atoms with Gasteiger partial charge < -0.3 is 24.7 Å². The fraction of sp³-hybridized carbons (Fsp3) is 0.560. The Balaban J connectivity index is 2.05. The molecule has 0 spiro atoms. The van der Waals surface area contributed by atoms with Gasteiger partial charge in [-0.1, -0.05) is 6.92 Å². The Hall–Kier alpha value is -3.43. The van der Waals surface area contributed by atoms with Gasteiger partial charge in [0.1, 0.15) is 17.6 Å². The van der Waals surface area contributed by atoms with Crippen molar-refractivity contribution in [2.45, 2.75) is 83.4 Å². The predicted molar refractivity (Wildman–Crippen MR) is 127 cm³/mol. The fourth-order valence-corrected chi connectivity index (χ4v) is 4.45. The lowest BCUT2D eigenvalue weighted by Gasteiger charge is -2.46. The molecule has 2 unspecified atom stereocenters. The molecule has 0 radical (unpaired) electrons. The third-order valence-electron chi connectivity index (χ3n) is 6.18. The second-order valence-electron chi connectivity index (χ2n) is 9.88. The number of benzene rings is 1. The van der Waals surface area contributed by atoms with Crippen molar-refractivity contribution in [3.8, 4) is 5.75 Å². The summed E-state index contributed by atoms with van der Waals surface area (Å²) in [5.41, 5.74) is -0.848. The Bertz CT molecular complexity index is 1030. The maximum Gasteiger partial charge on any atom is 0.437 e. The van der Waals surface area contributed by atoms with Crippen molar-refractivity contribution in [1.29, 1.82) is 0 Å². The highest BCUT2D eigenvalue weighted by Gasteiger charge is 2.45. The number of aromatic carboxylic acids is 1. The number of hydrogen-bond acceptors (Lipinski definition) is 6. The van der Waals surface area contributed by atoms with Crippen LogP contribution < -0.4 is 10.1 Å². The van der Waals surface area contributed by atoms with Gasteiger partial charge in [-0.25, -0.2) is 9.59 Å². The minimum atomic E-state index is -1.09. The molecule has 2 heterocycles. The first kappa shape index (κ1) is 26.2. The topological polar surface area (TPSA) is 135 Å². The van der Waals surface area contributed by atoms with E-state index < -0.39 is 29.2 Å². The van der Waals surface area contributed by atoms with Crippen LogP contribution in [0.4, 0.5) is 4.79 Å². The molecule has 10 heteroatoms. The molecule has 0 aliphatic carbocycles. The number of amides is 2. The van der Waals surface area contributed by atoms with Crippen LogP contribution in [0.3, 0.4) is 0 Å². The Morgan fingerprint density at radius 3 is 2.74 bits per heavy atom. The first-order valence-corrected chi connectivity index (χ1v) is 11.8. The molecule has 1 saturated heterocycles. The molecule has 1 aromatic carbocycles. The van der Waals surface area contributed by atoms with Gasteiger partial charge in [0.25, 0.3) is 0 Å². The highest BCUT2D eigenvalue weighted by molar-refractivity contribution is 6.04. The van der Waals surface area contributed by atoms with Crippen LogP contribution in [0.15, 0.2) is 23.2 Å². The highest BCUT2D eigenvalue weighted by atomic mass is 16.6. The number of hydrogen-bond donors (Lipinski definition) is 2. The van der Waals surface area contributed by atoms with Gasteiger partial charge in [0, 0.05) is 23.9 Å². The lowest BCUT2D eigenvalue weighted by atomic mass is 9.83. The van der Waals surface area contributed by atoms with E-state index in [1.165, 1.54) is 17.0 Å². The van der Waals surface area contributed by atoms with Gasteiger partial charge in [-0.2, -0.15) is 0 Å². The molecule has 3 rings (SSSR count). The second-order valence-corrected chi connectivity index (χ2v) is 9.88. The standard InChI is InChI=1S/C25H33N3O7/c1-5-25(11-6-7-12-29)15-20(30)28(22(27-25)26-23(33)35-24(2,3)4)18-10-13-34-19-9-8-16(21(31)32)14-17(18)19/h8-9,12,14,18H,5-7,10-11,13,15H2,1-4H3,(H,31,32)(H,26,27,33). The molecule has 0 aromatic heterocycles. The van der Waals surface area contributed by atoms with E-state index in [0.29, 0.717) is 50.0 Å². The van der Waals surface area contributed by atoms with E-state index in [-0.39, 0.29) is 23.9 Å². The molecule has 2 aliphatic rings. The summed E-state index contributed by atoms with van der Waals surface area (Å²) in [6, 6.07) is 3.94. The van der Waals surface area contributed by atoms with Gasteiger partial charge >= 0.3 is 12.1 Å². The zero-order chi connectivity index (χ0) is 25.8. The molecule has 2 aliphatic heterocycles. The molecule has 0 bridgehead atoms. The first-order valence-electron chi connectivity index (χ1n) is 11.8. The monoisotopic (exact) mass is 487 g/mol. The summed E-state index contributed by atoms with van der Waals surface area (Å²) < 4.78 is 11.1. The van der Waals surface area contributed by atoms with Gasteiger partial charge in [0.05, 0.1) is 24.6 Å². The number of rotatable bonds is 7. The smallest absolute Gasteiger partial charge is 0.437 e. The Labute approximate surface area is 204 Å². The molecule has 2 amide bonds. The lowest BCUT2D eigenvalue weighted by Crippen LogP contribution is -2.63. The number of nitrogens with zero attached hydrogens (tertiary/aromatic N) is 2. The van der Waals surface area contributed by atoms with Crippen LogP contribution >= 0.6 is 0 Å². The van der Waals surface area contributed by atoms with Crippen LogP contribution in [-0.4, -0.2) is 58.0 Å². The van der Waals surface area contributed by atoms with Crippen molar-refractivity contribution in [3.63, 3.8) is 0 Å². The second kappa shape index (κ2) is 10.5. The minimum Gasteiger partial charge on any atom is -0.493 e. The number of guanidine groups is 1. The molecular formula is C25H33N3O7. The van der Waals surface area contributed by atoms with Crippen molar-refractivity contribution in [2.24, 2.45) is 4.99 Å². The number of carboxylic acid groups (broad SMARTS) is 1. The van der Waals surface area contributed by atoms with Crippen molar-refractivity contribution >= 4 is 30.2 Å².